The second-order valence-corrected chi connectivity index (χ2v) is 7.04. The monoisotopic (exact) mass is 290 g/mol. The van der Waals surface area contributed by atoms with E-state index in [9.17, 15) is 0 Å². The summed E-state index contributed by atoms with van der Waals surface area (Å²) in [5, 5.41) is 1.23. The molecule has 2 N–H and O–H groups in total. The van der Waals surface area contributed by atoms with E-state index in [4.69, 9.17) is 5.73 Å². The number of nitrogens with zero attached hydrogens (tertiary/aromatic N) is 3. The van der Waals surface area contributed by atoms with Crippen molar-refractivity contribution >= 4 is 27.4 Å². The van der Waals surface area contributed by atoms with Crippen LogP contribution in [0.1, 0.15) is 36.1 Å². The van der Waals surface area contributed by atoms with E-state index in [1.165, 1.54) is 15.8 Å². The standard InChI is InChI=1S/C15H22N4S/c1-9-10(2)20-15-13(9)14(17-8-18-15)19(3)12-6-4-11(16)5-7-12/h8,11-12H,4-7,16H2,1-3H3. The van der Waals surface area contributed by atoms with Gasteiger partial charge in [0.2, 0.25) is 0 Å². The van der Waals surface area contributed by atoms with Crippen LogP contribution in [0, 0.1) is 13.8 Å². The van der Waals surface area contributed by atoms with E-state index in [2.05, 4.69) is 35.8 Å². The maximum atomic E-state index is 6.01. The van der Waals surface area contributed by atoms with Crippen molar-refractivity contribution in [1.82, 2.24) is 9.97 Å². The first-order chi connectivity index (χ1) is 9.58. The predicted molar refractivity (Wildman–Crippen MR) is 85.5 cm³/mol. The van der Waals surface area contributed by atoms with Gasteiger partial charge in [-0.25, -0.2) is 9.97 Å². The number of nitrogens with two attached hydrogens (primary N) is 1. The van der Waals surface area contributed by atoms with Gasteiger partial charge in [-0.1, -0.05) is 0 Å². The van der Waals surface area contributed by atoms with Gasteiger partial charge in [0.25, 0.3) is 0 Å². The Morgan fingerprint density at radius 1 is 1.20 bits per heavy atom. The lowest BCUT2D eigenvalue weighted by Gasteiger charge is -2.34. The number of fused-ring (bicyclic) bond motifs is 1. The third-order valence-corrected chi connectivity index (χ3v) is 5.68. The first-order valence-electron chi connectivity index (χ1n) is 7.27. The van der Waals surface area contributed by atoms with Crippen molar-refractivity contribution in [2.75, 3.05) is 11.9 Å². The minimum absolute atomic E-state index is 0.384. The lowest BCUT2D eigenvalue weighted by atomic mass is 9.91. The molecule has 1 aliphatic carbocycles. The van der Waals surface area contributed by atoms with Gasteiger partial charge in [0.1, 0.15) is 17.0 Å². The molecule has 2 aromatic heterocycles. The number of thiophene rings is 1. The van der Waals surface area contributed by atoms with Crippen LogP contribution in [0.4, 0.5) is 5.82 Å². The van der Waals surface area contributed by atoms with Gasteiger partial charge in [-0.3, -0.25) is 0 Å². The van der Waals surface area contributed by atoms with Gasteiger partial charge in [0.05, 0.1) is 5.39 Å². The van der Waals surface area contributed by atoms with Crippen LogP contribution >= 0.6 is 11.3 Å². The summed E-state index contributed by atoms with van der Waals surface area (Å²) >= 11 is 1.76. The Morgan fingerprint density at radius 2 is 1.90 bits per heavy atom. The van der Waals surface area contributed by atoms with Gasteiger partial charge < -0.3 is 10.6 Å². The molecule has 20 heavy (non-hydrogen) atoms. The molecule has 0 unspecified atom stereocenters. The van der Waals surface area contributed by atoms with Gasteiger partial charge in [0.15, 0.2) is 0 Å². The summed E-state index contributed by atoms with van der Waals surface area (Å²) in [6.45, 7) is 4.33. The highest BCUT2D eigenvalue weighted by molar-refractivity contribution is 7.18. The summed E-state index contributed by atoms with van der Waals surface area (Å²) in [7, 11) is 2.16. The van der Waals surface area contributed by atoms with E-state index in [-0.39, 0.29) is 0 Å². The van der Waals surface area contributed by atoms with Crippen LogP contribution in [0.15, 0.2) is 6.33 Å². The first-order valence-corrected chi connectivity index (χ1v) is 8.08. The molecule has 0 atom stereocenters. The molecule has 4 nitrogen and oxygen atoms in total. The zero-order valence-electron chi connectivity index (χ0n) is 12.4. The van der Waals surface area contributed by atoms with Gasteiger partial charge in [-0.05, 0) is 45.1 Å². The number of hydrogen-bond acceptors (Lipinski definition) is 5. The van der Waals surface area contributed by atoms with Gasteiger partial charge >= 0.3 is 0 Å². The Kier molecular flexibility index (Phi) is 3.65. The predicted octanol–water partition coefficient (Wildman–Crippen LogP) is 3.01. The molecule has 3 rings (SSSR count). The first kappa shape index (κ1) is 13.8. The smallest absolute Gasteiger partial charge is 0.141 e. The van der Waals surface area contributed by atoms with E-state index in [1.807, 2.05) is 0 Å². The molecule has 2 heterocycles. The quantitative estimate of drug-likeness (QED) is 0.923. The van der Waals surface area contributed by atoms with Crippen LogP contribution in [-0.4, -0.2) is 29.1 Å². The molecular formula is C15H22N4S. The molecule has 0 aliphatic heterocycles. The van der Waals surface area contributed by atoms with Gasteiger partial charge in [-0.15, -0.1) is 11.3 Å². The molecule has 0 spiro atoms. The van der Waals surface area contributed by atoms with Crippen LogP contribution in [0.5, 0.6) is 0 Å². The molecule has 0 radical (unpaired) electrons. The Bertz CT molecular complexity index is 614. The Hall–Kier alpha value is -1.20. The fourth-order valence-electron chi connectivity index (χ4n) is 3.09. The third-order valence-electron chi connectivity index (χ3n) is 4.57. The Morgan fingerprint density at radius 3 is 2.60 bits per heavy atom. The van der Waals surface area contributed by atoms with E-state index in [1.54, 1.807) is 17.7 Å². The van der Waals surface area contributed by atoms with E-state index >= 15 is 0 Å². The summed E-state index contributed by atoms with van der Waals surface area (Å²) in [5.41, 5.74) is 7.33. The Balaban J connectivity index is 1.97. The number of hydrogen-bond donors (Lipinski definition) is 1. The second-order valence-electron chi connectivity index (χ2n) is 5.84. The second kappa shape index (κ2) is 5.30. The minimum atomic E-state index is 0.384. The minimum Gasteiger partial charge on any atom is -0.356 e. The van der Waals surface area contributed by atoms with Crippen molar-refractivity contribution in [3.05, 3.63) is 16.8 Å². The molecule has 1 aliphatic rings. The average molecular weight is 290 g/mol. The van der Waals surface area contributed by atoms with Crippen LogP contribution < -0.4 is 10.6 Å². The van der Waals surface area contributed by atoms with Gasteiger partial charge in [-0.2, -0.15) is 0 Å². The molecule has 1 fully saturated rings. The highest BCUT2D eigenvalue weighted by atomic mass is 32.1. The number of rotatable bonds is 2. The van der Waals surface area contributed by atoms with Crippen LogP contribution in [0.2, 0.25) is 0 Å². The molecule has 108 valence electrons. The van der Waals surface area contributed by atoms with Crippen molar-refractivity contribution in [2.24, 2.45) is 5.73 Å². The average Bonchev–Trinajstić information content (AvgIpc) is 2.74. The molecule has 0 amide bonds. The summed E-state index contributed by atoms with van der Waals surface area (Å²) < 4.78 is 0. The Labute approximate surface area is 124 Å². The largest absolute Gasteiger partial charge is 0.356 e. The molecule has 5 heteroatoms. The maximum absolute atomic E-state index is 6.01. The molecule has 1 saturated carbocycles. The normalized spacial score (nSPS) is 23.2. The lowest BCUT2D eigenvalue weighted by molar-refractivity contribution is 0.384. The summed E-state index contributed by atoms with van der Waals surface area (Å²) in [6, 6.07) is 0.933. The summed E-state index contributed by atoms with van der Waals surface area (Å²) in [5.74, 6) is 1.08. The van der Waals surface area contributed by atoms with E-state index < -0.39 is 0 Å². The van der Waals surface area contributed by atoms with Crippen molar-refractivity contribution in [2.45, 2.75) is 51.6 Å². The molecule has 0 aromatic carbocycles. The summed E-state index contributed by atoms with van der Waals surface area (Å²) in [6.07, 6.45) is 6.24. The summed E-state index contributed by atoms with van der Waals surface area (Å²) in [4.78, 5) is 13.8. The van der Waals surface area contributed by atoms with Crippen molar-refractivity contribution in [3.8, 4) is 0 Å². The highest BCUT2D eigenvalue weighted by Crippen LogP contribution is 2.35. The van der Waals surface area contributed by atoms with Crippen LogP contribution in [0.3, 0.4) is 0 Å². The fourth-order valence-corrected chi connectivity index (χ4v) is 4.08. The number of aromatic nitrogens is 2. The lowest BCUT2D eigenvalue weighted by Crippen LogP contribution is -2.39. The van der Waals surface area contributed by atoms with Crippen molar-refractivity contribution in [1.29, 1.82) is 0 Å². The number of anilines is 1. The molecule has 2 aromatic rings. The van der Waals surface area contributed by atoms with Crippen molar-refractivity contribution in [3.63, 3.8) is 0 Å². The molecule has 0 saturated heterocycles. The topological polar surface area (TPSA) is 55.0 Å². The molecular weight excluding hydrogens is 268 g/mol. The zero-order valence-corrected chi connectivity index (χ0v) is 13.2. The van der Waals surface area contributed by atoms with Gasteiger partial charge in [0, 0.05) is 24.0 Å². The van der Waals surface area contributed by atoms with E-state index in [0.29, 0.717) is 12.1 Å². The van der Waals surface area contributed by atoms with Crippen LogP contribution in [0.25, 0.3) is 10.2 Å². The SMILES string of the molecule is Cc1sc2ncnc(N(C)C3CCC(N)CC3)c2c1C. The maximum Gasteiger partial charge on any atom is 0.141 e. The van der Waals surface area contributed by atoms with E-state index in [0.717, 1.165) is 36.3 Å². The number of aryl methyl sites for hydroxylation is 2. The van der Waals surface area contributed by atoms with Crippen LogP contribution in [-0.2, 0) is 0 Å². The van der Waals surface area contributed by atoms with Crippen molar-refractivity contribution < 1.29 is 0 Å². The highest BCUT2D eigenvalue weighted by Gasteiger charge is 2.25. The molecule has 0 bridgehead atoms. The fraction of sp³-hybridized carbons (Fsp3) is 0.600. The zero-order chi connectivity index (χ0) is 14.3. The third kappa shape index (κ3) is 2.29.